The summed E-state index contributed by atoms with van der Waals surface area (Å²) in [6, 6.07) is 11.1. The fourth-order valence-corrected chi connectivity index (χ4v) is 1.74. The lowest BCUT2D eigenvalue weighted by Crippen LogP contribution is -1.86. The summed E-state index contributed by atoms with van der Waals surface area (Å²) in [5.74, 6) is -0.0961. The smallest absolute Gasteiger partial charge is 0.151 e. The van der Waals surface area contributed by atoms with Gasteiger partial charge in [-0.05, 0) is 18.2 Å². The van der Waals surface area contributed by atoms with Crippen LogP contribution >= 0.6 is 15.9 Å². The average Bonchev–Trinajstić information content (AvgIpc) is 2.29. The van der Waals surface area contributed by atoms with Crippen molar-refractivity contribution in [2.24, 2.45) is 0 Å². The molecule has 2 rings (SSSR count). The zero-order chi connectivity index (χ0) is 11.5. The van der Waals surface area contributed by atoms with E-state index in [1.54, 1.807) is 6.07 Å². The molecule has 0 aliphatic heterocycles. The molecule has 78 valence electrons. The molecule has 0 aliphatic rings. The van der Waals surface area contributed by atoms with Crippen molar-refractivity contribution in [2.45, 2.75) is 0 Å². The highest BCUT2D eigenvalue weighted by Gasteiger charge is 2.05. The minimum absolute atomic E-state index is 0.0961. The Morgan fingerprint density at radius 1 is 1.31 bits per heavy atom. The molecule has 1 heterocycles. The van der Waals surface area contributed by atoms with E-state index in [0.717, 1.165) is 10.0 Å². The maximum atomic E-state index is 9.34. The number of nitriles is 1. The molecule has 1 N–H and O–H groups in total. The predicted octanol–water partition coefficient (Wildman–Crippen LogP) is 3.09. The number of halogens is 1. The summed E-state index contributed by atoms with van der Waals surface area (Å²) in [6.07, 6.45) is 1.29. The summed E-state index contributed by atoms with van der Waals surface area (Å²) in [5, 5.41) is 18.1. The minimum Gasteiger partial charge on any atom is -0.505 e. The summed E-state index contributed by atoms with van der Waals surface area (Å²) < 4.78 is 0.943. The maximum Gasteiger partial charge on any atom is 0.151 e. The van der Waals surface area contributed by atoms with Gasteiger partial charge in [0, 0.05) is 10.0 Å². The first-order chi connectivity index (χ1) is 7.70. The fourth-order valence-electron chi connectivity index (χ4n) is 1.34. The molecule has 16 heavy (non-hydrogen) atoms. The Bertz CT molecular complexity index is 575. The molecule has 1 aromatic heterocycles. The number of benzene rings is 1. The molecule has 0 amide bonds. The molecule has 3 nitrogen and oxygen atoms in total. The summed E-state index contributed by atoms with van der Waals surface area (Å²) in [7, 11) is 0. The van der Waals surface area contributed by atoms with Gasteiger partial charge in [0.1, 0.15) is 6.07 Å². The molecule has 0 spiro atoms. The normalized spacial score (nSPS) is 9.75. The highest BCUT2D eigenvalue weighted by atomic mass is 79.9. The van der Waals surface area contributed by atoms with E-state index in [4.69, 9.17) is 5.26 Å². The Balaban J connectivity index is 2.54. The van der Waals surface area contributed by atoms with Crippen LogP contribution < -0.4 is 0 Å². The molecule has 0 atom stereocenters. The second-order valence-corrected chi connectivity index (χ2v) is 4.12. The average molecular weight is 275 g/mol. The quantitative estimate of drug-likeness (QED) is 0.870. The van der Waals surface area contributed by atoms with Gasteiger partial charge in [-0.1, -0.05) is 28.1 Å². The lowest BCUT2D eigenvalue weighted by molar-refractivity contribution is 0.471. The number of nitrogens with zero attached hydrogens (tertiary/aromatic N) is 2. The van der Waals surface area contributed by atoms with Crippen molar-refractivity contribution < 1.29 is 5.11 Å². The topological polar surface area (TPSA) is 56.9 Å². The number of aromatic hydroxyl groups is 1. The second-order valence-electron chi connectivity index (χ2n) is 3.21. The van der Waals surface area contributed by atoms with Gasteiger partial charge in [0.25, 0.3) is 0 Å². The monoisotopic (exact) mass is 274 g/mol. The van der Waals surface area contributed by atoms with Gasteiger partial charge in [-0.15, -0.1) is 0 Å². The maximum absolute atomic E-state index is 9.34. The molecular formula is C12H7BrN2O. The van der Waals surface area contributed by atoms with E-state index in [-0.39, 0.29) is 11.3 Å². The molecule has 4 heteroatoms. The first-order valence-electron chi connectivity index (χ1n) is 4.56. The van der Waals surface area contributed by atoms with Crippen molar-refractivity contribution >= 4 is 15.9 Å². The van der Waals surface area contributed by atoms with Crippen molar-refractivity contribution in [1.29, 1.82) is 5.26 Å². The zero-order valence-corrected chi connectivity index (χ0v) is 9.77. The van der Waals surface area contributed by atoms with Gasteiger partial charge in [-0.3, -0.25) is 4.98 Å². The van der Waals surface area contributed by atoms with Crippen molar-refractivity contribution in [3.05, 3.63) is 46.6 Å². The van der Waals surface area contributed by atoms with Crippen LogP contribution in [0.3, 0.4) is 0 Å². The molecular weight excluding hydrogens is 268 g/mol. The summed E-state index contributed by atoms with van der Waals surface area (Å²) in [4.78, 5) is 4.08. The Morgan fingerprint density at radius 2 is 2.12 bits per heavy atom. The number of hydrogen-bond acceptors (Lipinski definition) is 3. The third kappa shape index (κ3) is 2.05. The van der Waals surface area contributed by atoms with Crippen molar-refractivity contribution in [2.75, 3.05) is 0 Å². The first-order valence-corrected chi connectivity index (χ1v) is 5.35. The molecule has 0 saturated heterocycles. The summed E-state index contributed by atoms with van der Waals surface area (Å²) in [6.45, 7) is 0. The van der Waals surface area contributed by atoms with Gasteiger partial charge < -0.3 is 5.11 Å². The third-order valence-corrected chi connectivity index (χ3v) is 2.62. The zero-order valence-electron chi connectivity index (χ0n) is 8.18. The fraction of sp³-hybridized carbons (Fsp3) is 0. The van der Waals surface area contributed by atoms with Crippen LogP contribution in [0.5, 0.6) is 5.75 Å². The van der Waals surface area contributed by atoms with Crippen LogP contribution in [0.2, 0.25) is 0 Å². The third-order valence-electron chi connectivity index (χ3n) is 2.12. The van der Waals surface area contributed by atoms with Crippen LogP contribution in [0.1, 0.15) is 5.56 Å². The van der Waals surface area contributed by atoms with E-state index in [2.05, 4.69) is 20.9 Å². The highest BCUT2D eigenvalue weighted by molar-refractivity contribution is 9.10. The molecule has 0 unspecified atom stereocenters. The van der Waals surface area contributed by atoms with Gasteiger partial charge in [0.2, 0.25) is 0 Å². The van der Waals surface area contributed by atoms with Gasteiger partial charge >= 0.3 is 0 Å². The van der Waals surface area contributed by atoms with Crippen LogP contribution in [-0.2, 0) is 0 Å². The standard InChI is InChI=1S/C12H7BrN2O/c13-10-3-1-2-8(4-10)11-5-9(6-14)12(16)7-15-11/h1-5,7,16H. The highest BCUT2D eigenvalue weighted by Crippen LogP contribution is 2.24. The Kier molecular flexibility index (Phi) is 2.88. The number of rotatable bonds is 1. The second kappa shape index (κ2) is 4.33. The SMILES string of the molecule is N#Cc1cc(-c2cccc(Br)c2)ncc1O. The first kappa shape index (κ1) is 10.7. The number of hydrogen-bond donors (Lipinski definition) is 1. The Labute approximate surface area is 101 Å². The molecule has 1 aromatic carbocycles. The van der Waals surface area contributed by atoms with Crippen LogP contribution in [0.15, 0.2) is 41.0 Å². The number of pyridine rings is 1. The van der Waals surface area contributed by atoms with Gasteiger partial charge in [0.05, 0.1) is 17.5 Å². The van der Waals surface area contributed by atoms with Gasteiger partial charge in [-0.25, -0.2) is 0 Å². The van der Waals surface area contributed by atoms with E-state index in [9.17, 15) is 5.11 Å². The lowest BCUT2D eigenvalue weighted by atomic mass is 10.1. The van der Waals surface area contributed by atoms with Crippen LogP contribution in [-0.4, -0.2) is 10.1 Å². The molecule has 0 aliphatic carbocycles. The Hall–Kier alpha value is -1.86. The molecule has 0 radical (unpaired) electrons. The van der Waals surface area contributed by atoms with E-state index in [1.807, 2.05) is 30.3 Å². The van der Waals surface area contributed by atoms with E-state index >= 15 is 0 Å². The lowest BCUT2D eigenvalue weighted by Gasteiger charge is -2.02. The van der Waals surface area contributed by atoms with Gasteiger partial charge in [-0.2, -0.15) is 5.26 Å². The minimum atomic E-state index is -0.0961. The van der Waals surface area contributed by atoms with Gasteiger partial charge in [0.15, 0.2) is 5.75 Å². The molecule has 0 bridgehead atoms. The van der Waals surface area contributed by atoms with E-state index in [0.29, 0.717) is 5.69 Å². The van der Waals surface area contributed by atoms with Crippen LogP contribution in [0, 0.1) is 11.3 Å². The largest absolute Gasteiger partial charge is 0.505 e. The molecule has 0 fully saturated rings. The van der Waals surface area contributed by atoms with Crippen molar-refractivity contribution in [1.82, 2.24) is 4.98 Å². The van der Waals surface area contributed by atoms with E-state index < -0.39 is 0 Å². The van der Waals surface area contributed by atoms with Crippen LogP contribution in [0.25, 0.3) is 11.3 Å². The number of aromatic nitrogens is 1. The van der Waals surface area contributed by atoms with Crippen molar-refractivity contribution in [3.63, 3.8) is 0 Å². The van der Waals surface area contributed by atoms with Crippen LogP contribution in [0.4, 0.5) is 0 Å². The molecule has 2 aromatic rings. The van der Waals surface area contributed by atoms with Crippen molar-refractivity contribution in [3.8, 4) is 23.1 Å². The summed E-state index contributed by atoms with van der Waals surface area (Å²) in [5.41, 5.74) is 1.78. The molecule has 0 saturated carbocycles. The Morgan fingerprint density at radius 3 is 2.81 bits per heavy atom. The predicted molar refractivity (Wildman–Crippen MR) is 63.8 cm³/mol. The van der Waals surface area contributed by atoms with E-state index in [1.165, 1.54) is 6.20 Å². The summed E-state index contributed by atoms with van der Waals surface area (Å²) >= 11 is 3.37.